The number of carbonyl (C=O) groups excluding carboxylic acids is 2. The largest absolute Gasteiger partial charge is 0.493 e. The van der Waals surface area contributed by atoms with Gasteiger partial charge in [-0.1, -0.05) is 25.0 Å². The Kier molecular flexibility index (Phi) is 12.5. The molecule has 12 nitrogen and oxygen atoms in total. The average molecular weight is 674 g/mol. The van der Waals surface area contributed by atoms with E-state index in [-0.39, 0.29) is 24.2 Å². The van der Waals surface area contributed by atoms with E-state index in [0.29, 0.717) is 53.7 Å². The lowest BCUT2D eigenvalue weighted by Gasteiger charge is -2.33. The highest BCUT2D eigenvalue weighted by Gasteiger charge is 2.22. The molecule has 1 fully saturated rings. The minimum Gasteiger partial charge on any atom is -0.493 e. The van der Waals surface area contributed by atoms with Crippen molar-refractivity contribution in [2.24, 2.45) is 0 Å². The molecule has 1 aromatic heterocycles. The number of anilines is 4. The topological polar surface area (TPSA) is 150 Å². The smallest absolute Gasteiger partial charge is 0.243 e. The first-order valence-corrected chi connectivity index (χ1v) is 16.6. The zero-order chi connectivity index (χ0) is 34.6. The molecule has 4 aromatic rings. The Balaban J connectivity index is 1.21. The van der Waals surface area contributed by atoms with Crippen LogP contribution >= 0.6 is 0 Å². The average Bonchev–Trinajstić information content (AvgIpc) is 3.11. The molecule has 5 N–H and O–H groups in total. The summed E-state index contributed by atoms with van der Waals surface area (Å²) >= 11 is 0. The number of aromatic nitrogens is 2. The first kappa shape index (κ1) is 35.3. The van der Waals surface area contributed by atoms with Gasteiger partial charge in [0, 0.05) is 61.3 Å². The van der Waals surface area contributed by atoms with Gasteiger partial charge in [-0.15, -0.1) is 0 Å². The third-order valence-electron chi connectivity index (χ3n) is 8.56. The van der Waals surface area contributed by atoms with Crippen LogP contribution in [-0.4, -0.2) is 65.2 Å². The molecule has 3 aromatic carbocycles. The minimum absolute atomic E-state index is 0.0759. The highest BCUT2D eigenvalue weighted by atomic mass is 19.1. The summed E-state index contributed by atoms with van der Waals surface area (Å²) in [6, 6.07) is 17.9. The van der Waals surface area contributed by atoms with Gasteiger partial charge < -0.3 is 25.4 Å². The number of nitrogens with one attached hydrogen (secondary N) is 4. The number of rotatable bonds is 16. The second-order valence-electron chi connectivity index (χ2n) is 12.1. The summed E-state index contributed by atoms with van der Waals surface area (Å²) in [5, 5.41) is 19.2. The van der Waals surface area contributed by atoms with Crippen molar-refractivity contribution in [2.75, 3.05) is 43.3 Å². The second kappa shape index (κ2) is 17.4. The molecule has 13 heteroatoms. The summed E-state index contributed by atoms with van der Waals surface area (Å²) in [7, 11) is 3.19. The molecule has 2 amide bonds. The van der Waals surface area contributed by atoms with E-state index in [4.69, 9.17) is 24.6 Å². The molecular weight excluding hydrogens is 629 g/mol. The molecular formula is C36H44FN7O5. The van der Waals surface area contributed by atoms with E-state index in [1.807, 2.05) is 48.5 Å². The van der Waals surface area contributed by atoms with Crippen LogP contribution in [0.25, 0.3) is 10.9 Å². The van der Waals surface area contributed by atoms with Gasteiger partial charge >= 0.3 is 0 Å². The number of amides is 2. The van der Waals surface area contributed by atoms with Crippen LogP contribution in [0.15, 0.2) is 60.7 Å². The van der Waals surface area contributed by atoms with E-state index in [1.165, 1.54) is 12.1 Å². The standard InChI is InChI=1S/C36H44FN7O5/c1-48-31-21-29-30(22-32(31)49-2)41-36(42-35(29)39-28-17-19-44(20-18-28)23-24-9-11-25(37)12-10-24)40-27-15-13-26(14-16-27)38-33(45)7-5-3-4-6-8-34(46)43-47/h9-16,21-22,28,47H,3-8,17-20,23H2,1-2H3,(H,38,45)(H,43,46)(H2,39,40,41,42). The second-order valence-corrected chi connectivity index (χ2v) is 12.1. The maximum absolute atomic E-state index is 13.3. The molecule has 1 saturated heterocycles. The molecule has 1 aliphatic rings. The highest BCUT2D eigenvalue weighted by Crippen LogP contribution is 2.35. The van der Waals surface area contributed by atoms with E-state index in [1.54, 1.807) is 19.7 Å². The molecule has 1 aliphatic heterocycles. The number of piperidine rings is 1. The minimum atomic E-state index is -0.395. The summed E-state index contributed by atoms with van der Waals surface area (Å²) in [6.45, 7) is 2.58. The molecule has 0 unspecified atom stereocenters. The Morgan fingerprint density at radius 1 is 0.857 bits per heavy atom. The third-order valence-corrected chi connectivity index (χ3v) is 8.56. The maximum atomic E-state index is 13.3. The van der Waals surface area contributed by atoms with E-state index >= 15 is 0 Å². The summed E-state index contributed by atoms with van der Waals surface area (Å²) in [4.78, 5) is 35.5. The Morgan fingerprint density at radius 2 is 1.49 bits per heavy atom. The number of likely N-dealkylation sites (tertiary alicyclic amines) is 1. The lowest BCUT2D eigenvalue weighted by atomic mass is 10.0. The molecule has 49 heavy (non-hydrogen) atoms. The Labute approximate surface area is 285 Å². The van der Waals surface area contributed by atoms with Gasteiger partial charge in [-0.2, -0.15) is 4.98 Å². The van der Waals surface area contributed by atoms with Crippen molar-refractivity contribution in [3.05, 3.63) is 72.0 Å². The van der Waals surface area contributed by atoms with Gasteiger partial charge in [0.05, 0.1) is 19.7 Å². The van der Waals surface area contributed by atoms with Crippen LogP contribution in [0.5, 0.6) is 11.5 Å². The fraction of sp³-hybridized carbons (Fsp3) is 0.389. The number of benzene rings is 3. The van der Waals surface area contributed by atoms with E-state index in [0.717, 1.165) is 62.0 Å². The number of hydrogen-bond donors (Lipinski definition) is 5. The van der Waals surface area contributed by atoms with Gasteiger partial charge in [0.15, 0.2) is 11.5 Å². The van der Waals surface area contributed by atoms with E-state index in [2.05, 4.69) is 20.9 Å². The molecule has 5 rings (SSSR count). The molecule has 0 aliphatic carbocycles. The monoisotopic (exact) mass is 673 g/mol. The maximum Gasteiger partial charge on any atom is 0.243 e. The fourth-order valence-electron chi connectivity index (χ4n) is 5.87. The normalized spacial score (nSPS) is 13.6. The van der Waals surface area contributed by atoms with Crippen LogP contribution < -0.4 is 30.9 Å². The third kappa shape index (κ3) is 10.2. The Bertz CT molecular complexity index is 1700. The highest BCUT2D eigenvalue weighted by molar-refractivity contribution is 5.93. The molecule has 0 atom stereocenters. The summed E-state index contributed by atoms with van der Waals surface area (Å²) in [6.07, 6.45) is 5.51. The number of fused-ring (bicyclic) bond motifs is 1. The van der Waals surface area contributed by atoms with Crippen LogP contribution in [0.1, 0.15) is 56.9 Å². The van der Waals surface area contributed by atoms with Crippen molar-refractivity contribution in [3.63, 3.8) is 0 Å². The van der Waals surface area contributed by atoms with Gasteiger partial charge in [-0.3, -0.25) is 19.7 Å². The fourth-order valence-corrected chi connectivity index (χ4v) is 5.87. The van der Waals surface area contributed by atoms with Gasteiger partial charge in [-0.05, 0) is 73.7 Å². The van der Waals surface area contributed by atoms with Gasteiger partial charge in [0.2, 0.25) is 17.8 Å². The van der Waals surface area contributed by atoms with Crippen molar-refractivity contribution in [1.82, 2.24) is 20.3 Å². The van der Waals surface area contributed by atoms with Gasteiger partial charge in [-0.25, -0.2) is 14.9 Å². The summed E-state index contributed by atoms with van der Waals surface area (Å²) in [5.41, 5.74) is 4.84. The van der Waals surface area contributed by atoms with E-state index < -0.39 is 5.91 Å². The number of nitrogens with zero attached hydrogens (tertiary/aromatic N) is 3. The van der Waals surface area contributed by atoms with Crippen LogP contribution in [0, 0.1) is 5.82 Å². The van der Waals surface area contributed by atoms with E-state index in [9.17, 15) is 14.0 Å². The number of ether oxygens (including phenoxy) is 2. The number of unbranched alkanes of at least 4 members (excludes halogenated alkanes) is 3. The predicted octanol–water partition coefficient (Wildman–Crippen LogP) is 6.39. The molecule has 0 saturated carbocycles. The summed E-state index contributed by atoms with van der Waals surface area (Å²) < 4.78 is 24.5. The van der Waals surface area contributed by atoms with Crippen molar-refractivity contribution in [3.8, 4) is 11.5 Å². The van der Waals surface area contributed by atoms with Crippen molar-refractivity contribution >= 4 is 45.9 Å². The lowest BCUT2D eigenvalue weighted by Crippen LogP contribution is -2.38. The SMILES string of the molecule is COc1cc2nc(Nc3ccc(NC(=O)CCCCCCC(=O)NO)cc3)nc(NC3CCN(Cc4ccc(F)cc4)CC3)c2cc1OC. The number of hydroxylamine groups is 1. The van der Waals surface area contributed by atoms with Gasteiger partial charge in [0.25, 0.3) is 0 Å². The zero-order valence-corrected chi connectivity index (χ0v) is 27.9. The first-order valence-electron chi connectivity index (χ1n) is 16.6. The van der Waals surface area contributed by atoms with Crippen LogP contribution in [0.2, 0.25) is 0 Å². The van der Waals surface area contributed by atoms with Gasteiger partial charge in [0.1, 0.15) is 11.6 Å². The first-order chi connectivity index (χ1) is 23.8. The van der Waals surface area contributed by atoms with Crippen LogP contribution in [0.3, 0.4) is 0 Å². The molecule has 260 valence electrons. The van der Waals surface area contributed by atoms with Crippen LogP contribution in [-0.2, 0) is 16.1 Å². The molecule has 2 heterocycles. The quantitative estimate of drug-likeness (QED) is 0.0514. The number of hydrogen-bond acceptors (Lipinski definition) is 10. The van der Waals surface area contributed by atoms with Crippen LogP contribution in [0.4, 0.5) is 27.5 Å². The van der Waals surface area contributed by atoms with Crippen molar-refractivity contribution < 1.29 is 28.7 Å². The Hall–Kier alpha value is -5.01. The van der Waals surface area contributed by atoms with Crippen molar-refractivity contribution in [2.45, 2.75) is 64.0 Å². The summed E-state index contributed by atoms with van der Waals surface area (Å²) in [5.74, 6) is 1.55. The number of carbonyl (C=O) groups is 2. The lowest BCUT2D eigenvalue weighted by molar-refractivity contribution is -0.129. The molecule has 0 spiro atoms. The Morgan fingerprint density at radius 3 is 2.14 bits per heavy atom. The van der Waals surface area contributed by atoms with Crippen molar-refractivity contribution in [1.29, 1.82) is 0 Å². The zero-order valence-electron chi connectivity index (χ0n) is 27.9. The molecule has 0 radical (unpaired) electrons. The number of halogens is 1. The number of methoxy groups -OCH3 is 2. The molecule has 0 bridgehead atoms. The predicted molar refractivity (Wildman–Crippen MR) is 187 cm³/mol.